The highest BCUT2D eigenvalue weighted by Gasteiger charge is 2.35. The van der Waals surface area contributed by atoms with Gasteiger partial charge in [0.15, 0.2) is 24.5 Å². The number of carbonyl (C=O) groups excluding carboxylic acids is 8. The molecular weight excluding hydrogens is 1840 g/mol. The van der Waals surface area contributed by atoms with Crippen LogP contribution in [0.3, 0.4) is 0 Å². The minimum atomic E-state index is -5.20. The standard InChI is InChI=1S/C87H119N21O25S3/c1-9-64(82(122)88-18-10-24-107-45-63(77(119)61-15-13-59(39-70(61)107)41-97-87-92-22-23-93-87)81(121)95-43-67(85(125)126)102-136(132,133)79-55(6)36-52(3)37-56(79)7)98-71(110)17-16-65(99-72(111)46-103-26-28-104(47-73(112)113)30-32-106(49-75(116)117)33-31-105(29-27-103)48-74(114)115)84(124)100-68(50-134(127,128)129)83(123)89-19-11-25-108-44-62(76(118)60-14-12-58(38-69(60)108)40-96-86-90-20-21-91-86)80(120)94-42-66(57(8)109)101-135(130,131)78-53(4)34-51(2)35-54(78)5/h12-15,20-23,34-39,44-45,64-68,73,75,101-102,112-113,116-117H,9-11,16-19,24-33,40-43,46-50H2,1-8H3,(H,88,122)(H,89,123)(H,94,120)(H,95,121)(H,98,110)(H,99,111)(H,100,124)(H,114,115)(H,125,126)(H2,90,91,96)(H2,92,93,97)(H,127,128,129)/t64-,65-,66?,67?,68-/m0/s1. The number of H-pyrrole nitrogens is 2. The minimum absolute atomic E-state index is 0.00872. The summed E-state index contributed by atoms with van der Waals surface area (Å²) in [7, 11) is -14.1. The Kier molecular flexibility index (Phi) is 39.0. The fraction of sp³-hybridized carbons (Fsp3) is 0.471. The maximum atomic E-state index is 14.9. The number of imidazole rings is 2. The summed E-state index contributed by atoms with van der Waals surface area (Å²) in [4.78, 5) is 187. The fourth-order valence-electron chi connectivity index (χ4n) is 15.9. The van der Waals surface area contributed by atoms with Gasteiger partial charge < -0.3 is 97.6 Å². The number of aliphatic hydroxyl groups excluding tert-OH is 2. The van der Waals surface area contributed by atoms with Crippen molar-refractivity contribution in [2.45, 2.75) is 166 Å². The lowest BCUT2D eigenvalue weighted by molar-refractivity contribution is -0.139. The molecular formula is C87H119N21O25S3. The molecule has 8 aromatic rings. The Hall–Kier alpha value is -12.4. The lowest BCUT2D eigenvalue weighted by Crippen LogP contribution is -2.57. The summed E-state index contributed by atoms with van der Waals surface area (Å²) in [5.41, 5.74) is 2.46. The number of benzene rings is 4. The summed E-state index contributed by atoms with van der Waals surface area (Å²) in [5, 5.41) is 84.0. The average molecular weight is 1960 g/mol. The SMILES string of the molecule is CC[C@H](NC(=O)CC[C@H](NC(=O)CN1CCN(CC(=O)O)CCN(CC(O)O)CCN(CC(O)O)CC1)C(=O)N[C@@H](CS(=O)(=O)O)C(=O)NCCCn1cc(C(=O)NCC(NS(=O)(=O)c2c(C)cc(C)cc2C)C(C)=O)c(=O)c2ccc(CNc3ncc[nH]3)cc21)C(=O)NCCCn1cc(C(=O)NCC(NS(=O)(=O)c2c(C)cc(C)cc2C)C(=O)O)c(=O)c2ccc(CNc3ncc[nH]3)cc21. The lowest BCUT2D eigenvalue weighted by Gasteiger charge is -2.34. The number of amides is 7. The first-order valence-electron chi connectivity index (χ1n) is 43.8. The first-order valence-corrected chi connectivity index (χ1v) is 48.3. The number of rotatable bonds is 48. The number of carboxylic acid groups (broad SMARTS) is 2. The van der Waals surface area contributed by atoms with Gasteiger partial charge in [-0.25, -0.2) is 26.8 Å². The van der Waals surface area contributed by atoms with E-state index in [0.29, 0.717) is 50.8 Å². The number of aliphatic hydroxyl groups is 4. The van der Waals surface area contributed by atoms with E-state index in [4.69, 9.17) is 0 Å². The second kappa shape index (κ2) is 49.4. The molecule has 7 amide bonds. The Bertz CT molecular complexity index is 6070. The van der Waals surface area contributed by atoms with Crippen LogP contribution < -0.4 is 68.2 Å². The van der Waals surface area contributed by atoms with Crippen molar-refractivity contribution in [1.29, 1.82) is 0 Å². The fourth-order valence-corrected chi connectivity index (χ4v) is 19.9. The van der Waals surface area contributed by atoms with Crippen molar-refractivity contribution in [2.24, 2.45) is 0 Å². The maximum absolute atomic E-state index is 14.9. The average Bonchev–Trinajstić information content (AvgIpc) is 0.795. The molecule has 740 valence electrons. The van der Waals surface area contributed by atoms with Gasteiger partial charge in [-0.15, -0.1) is 0 Å². The summed E-state index contributed by atoms with van der Waals surface area (Å²) in [6.07, 6.45) is 3.67. The highest BCUT2D eigenvalue weighted by atomic mass is 32.2. The Labute approximate surface area is 783 Å². The number of ketones is 1. The van der Waals surface area contributed by atoms with Crippen LogP contribution in [0.25, 0.3) is 21.8 Å². The van der Waals surface area contributed by atoms with Gasteiger partial charge >= 0.3 is 11.9 Å². The lowest BCUT2D eigenvalue weighted by atomic mass is 10.1. The third-order valence-corrected chi connectivity index (χ3v) is 26.7. The van der Waals surface area contributed by atoms with E-state index in [-0.39, 0.29) is 150 Å². The zero-order chi connectivity index (χ0) is 99.6. The van der Waals surface area contributed by atoms with Crippen LogP contribution in [-0.4, -0.2) is 321 Å². The first kappa shape index (κ1) is 107. The third kappa shape index (κ3) is 31.9. The molecule has 1 aliphatic rings. The van der Waals surface area contributed by atoms with Gasteiger partial charge in [-0.1, -0.05) is 54.4 Å². The van der Waals surface area contributed by atoms with Crippen molar-refractivity contribution in [1.82, 2.24) is 95.3 Å². The van der Waals surface area contributed by atoms with Gasteiger partial charge in [-0.3, -0.25) is 81.7 Å². The quantitative estimate of drug-likeness (QED) is 0.0110. The number of nitrogens with zero attached hydrogens (tertiary/aromatic N) is 8. The van der Waals surface area contributed by atoms with Crippen molar-refractivity contribution in [3.63, 3.8) is 0 Å². The third-order valence-electron chi connectivity index (χ3n) is 22.4. The second-order valence-corrected chi connectivity index (χ2v) is 38.2. The van der Waals surface area contributed by atoms with E-state index < -0.39 is 199 Å². The molecule has 9 rings (SSSR count). The van der Waals surface area contributed by atoms with Crippen LogP contribution >= 0.6 is 0 Å². The number of fused-ring (bicyclic) bond motifs is 2. The van der Waals surface area contributed by atoms with Gasteiger partial charge in [-0.05, 0) is 132 Å². The van der Waals surface area contributed by atoms with Gasteiger partial charge in [0.1, 0.15) is 46.8 Å². The topological polar surface area (TPSA) is 661 Å². The number of carboxylic acids is 2. The van der Waals surface area contributed by atoms with Crippen LogP contribution in [0.15, 0.2) is 117 Å². The number of carbonyl (C=O) groups is 10. The van der Waals surface area contributed by atoms with Crippen molar-refractivity contribution in [3.05, 3.63) is 174 Å². The number of aromatic amines is 2. The summed E-state index contributed by atoms with van der Waals surface area (Å²) in [6.45, 7) is 9.59. The Balaban J connectivity index is 0.926. The van der Waals surface area contributed by atoms with E-state index in [0.717, 1.165) is 18.1 Å². The molecule has 5 atom stereocenters. The number of aliphatic carboxylic acids is 2. The highest BCUT2D eigenvalue weighted by molar-refractivity contribution is 7.90. The van der Waals surface area contributed by atoms with Crippen LogP contribution in [0, 0.1) is 41.5 Å². The number of pyridine rings is 2. The molecule has 20 N–H and O–H groups in total. The Morgan fingerprint density at radius 1 is 0.493 bits per heavy atom. The predicted octanol–water partition coefficient (Wildman–Crippen LogP) is -2.16. The molecule has 0 aliphatic carbocycles. The smallest absolute Gasteiger partial charge is 0.323 e. The predicted molar refractivity (Wildman–Crippen MR) is 498 cm³/mol. The Morgan fingerprint density at radius 2 is 0.904 bits per heavy atom. The molecule has 49 heteroatoms. The maximum Gasteiger partial charge on any atom is 0.323 e. The van der Waals surface area contributed by atoms with Crippen LogP contribution in [0.2, 0.25) is 0 Å². The number of nitrogens with one attached hydrogen (secondary N) is 13. The van der Waals surface area contributed by atoms with Crippen LogP contribution in [0.4, 0.5) is 11.9 Å². The molecule has 0 radical (unpaired) electrons. The van der Waals surface area contributed by atoms with E-state index >= 15 is 0 Å². The number of sulfonamides is 2. The number of hydrogen-bond acceptors (Lipinski definition) is 30. The number of β-amino-alcohol motifs (C(OH)–C–C–N with tert-alkyl or cyclic N) is 4. The van der Waals surface area contributed by atoms with Gasteiger partial charge in [0.2, 0.25) is 60.4 Å². The molecule has 0 bridgehead atoms. The van der Waals surface area contributed by atoms with Crippen molar-refractivity contribution in [2.75, 3.05) is 121 Å². The molecule has 0 spiro atoms. The van der Waals surface area contributed by atoms with Gasteiger partial charge in [0, 0.05) is 172 Å². The molecule has 1 saturated heterocycles. The largest absolute Gasteiger partial charge is 0.480 e. The molecule has 4 aromatic carbocycles. The van der Waals surface area contributed by atoms with Crippen LogP contribution in [-0.2, 0) is 94.7 Å². The number of aromatic nitrogens is 6. The molecule has 0 saturated carbocycles. The molecule has 5 heterocycles. The molecule has 1 aliphatic heterocycles. The summed E-state index contributed by atoms with van der Waals surface area (Å²) < 4.78 is 98.6. The molecule has 1 fully saturated rings. The van der Waals surface area contributed by atoms with Crippen LogP contribution in [0.1, 0.15) is 111 Å². The monoisotopic (exact) mass is 1950 g/mol. The van der Waals surface area contributed by atoms with E-state index in [2.05, 4.69) is 77.2 Å². The molecule has 4 aromatic heterocycles. The van der Waals surface area contributed by atoms with Crippen LogP contribution in [0.5, 0.6) is 0 Å². The number of hydrogen-bond donors (Lipinski definition) is 20. The molecule has 136 heavy (non-hydrogen) atoms. The highest BCUT2D eigenvalue weighted by Crippen LogP contribution is 2.26. The van der Waals surface area contributed by atoms with Crippen molar-refractivity contribution in [3.8, 4) is 0 Å². The summed E-state index contributed by atoms with van der Waals surface area (Å²) >= 11 is 0. The van der Waals surface area contributed by atoms with Gasteiger partial charge in [-0.2, -0.15) is 17.9 Å². The van der Waals surface area contributed by atoms with E-state index in [1.54, 1.807) is 129 Å². The number of anilines is 2. The minimum Gasteiger partial charge on any atom is -0.480 e. The Morgan fingerprint density at radius 3 is 1.30 bits per heavy atom. The van der Waals surface area contributed by atoms with E-state index in [1.807, 2.05) is 0 Å². The number of aryl methyl sites for hydroxylation is 8. The van der Waals surface area contributed by atoms with Gasteiger partial charge in [0.25, 0.3) is 21.9 Å². The molecule has 2 unspecified atom stereocenters. The van der Waals surface area contributed by atoms with E-state index in [9.17, 15) is 118 Å². The summed E-state index contributed by atoms with van der Waals surface area (Å²) in [6, 6.07) is 7.32. The normalized spacial score (nSPS) is 14.7. The second-order valence-electron chi connectivity index (χ2n) is 33.4. The zero-order valence-electron chi connectivity index (χ0n) is 76.4. The first-order chi connectivity index (χ1) is 64.2. The van der Waals surface area contributed by atoms with Crippen molar-refractivity contribution >= 4 is 123 Å². The van der Waals surface area contributed by atoms with E-state index in [1.165, 1.54) is 46.4 Å². The zero-order valence-corrected chi connectivity index (χ0v) is 78.9. The van der Waals surface area contributed by atoms with Gasteiger partial charge in [0.05, 0.1) is 40.0 Å². The summed E-state index contributed by atoms with van der Waals surface area (Å²) in [5.74, 6) is -11.3. The molecule has 46 nitrogen and oxygen atoms in total. The van der Waals surface area contributed by atoms with Crippen molar-refractivity contribution < 1.29 is 108 Å². The number of Topliss-reactive ketones (excluding diaryl/α,β-unsaturated/α-hetero) is 1.